The third kappa shape index (κ3) is 2.74. The molecule has 2 aromatic carbocycles. The van der Waals surface area contributed by atoms with E-state index in [9.17, 15) is 0 Å². The molecule has 0 heterocycles. The van der Waals surface area contributed by atoms with Crippen LogP contribution in [0.4, 0.5) is 0 Å². The van der Waals surface area contributed by atoms with Crippen molar-refractivity contribution in [3.63, 3.8) is 0 Å². The molecule has 0 nitrogen and oxygen atoms in total. The summed E-state index contributed by atoms with van der Waals surface area (Å²) in [5.41, 5.74) is 1.43. The van der Waals surface area contributed by atoms with Crippen molar-refractivity contribution >= 4 is 31.5 Å². The van der Waals surface area contributed by atoms with E-state index in [-0.39, 0.29) is 0 Å². The third-order valence-electron chi connectivity index (χ3n) is 2.50. The average molecular weight is 245 g/mol. The molecule has 0 aliphatic heterocycles. The van der Waals surface area contributed by atoms with E-state index in [4.69, 9.17) is 11.6 Å². The highest BCUT2D eigenvalue weighted by atomic mass is 35.5. The second kappa shape index (κ2) is 5.33. The van der Waals surface area contributed by atoms with Gasteiger partial charge in [0, 0.05) is 5.02 Å². The SMILES string of the molecule is CCc1ccccc1[Si]c1cccc(Cl)c1. The Morgan fingerprint density at radius 1 is 1.06 bits per heavy atom. The molecule has 0 N–H and O–H groups in total. The second-order valence-corrected chi connectivity index (χ2v) is 5.45. The van der Waals surface area contributed by atoms with Gasteiger partial charge in [-0.3, -0.25) is 0 Å². The molecule has 0 aromatic heterocycles. The summed E-state index contributed by atoms with van der Waals surface area (Å²) >= 11 is 5.99. The number of hydrogen-bond acceptors (Lipinski definition) is 0. The number of benzene rings is 2. The van der Waals surface area contributed by atoms with Gasteiger partial charge in [-0.15, -0.1) is 0 Å². The van der Waals surface area contributed by atoms with Gasteiger partial charge in [0.15, 0.2) is 0 Å². The zero-order valence-electron chi connectivity index (χ0n) is 9.20. The van der Waals surface area contributed by atoms with Crippen molar-refractivity contribution < 1.29 is 0 Å². The Balaban J connectivity index is 2.26. The highest BCUT2D eigenvalue weighted by Crippen LogP contribution is 2.03. The van der Waals surface area contributed by atoms with Crippen molar-refractivity contribution in [3.05, 3.63) is 59.1 Å². The minimum Gasteiger partial charge on any atom is -0.0843 e. The van der Waals surface area contributed by atoms with Gasteiger partial charge in [-0.1, -0.05) is 65.3 Å². The van der Waals surface area contributed by atoms with Gasteiger partial charge in [0.2, 0.25) is 0 Å². The predicted molar refractivity (Wildman–Crippen MR) is 72.3 cm³/mol. The van der Waals surface area contributed by atoms with Crippen LogP contribution in [0.2, 0.25) is 5.02 Å². The fraction of sp³-hybridized carbons (Fsp3) is 0.143. The first-order chi connectivity index (χ1) is 7.79. The molecule has 0 saturated heterocycles. The summed E-state index contributed by atoms with van der Waals surface area (Å²) in [4.78, 5) is 0. The molecule has 2 heteroatoms. The van der Waals surface area contributed by atoms with Crippen LogP contribution in [0.25, 0.3) is 0 Å². The number of halogens is 1. The molecule has 2 rings (SSSR count). The van der Waals surface area contributed by atoms with Crippen LogP contribution in [0.5, 0.6) is 0 Å². The largest absolute Gasteiger partial charge is 0.121 e. The molecule has 80 valence electrons. The van der Waals surface area contributed by atoms with E-state index in [2.05, 4.69) is 37.3 Å². The summed E-state index contributed by atoms with van der Waals surface area (Å²) in [6, 6.07) is 16.7. The van der Waals surface area contributed by atoms with E-state index in [0.717, 1.165) is 11.4 Å². The minimum absolute atomic E-state index is 0.694. The Morgan fingerprint density at radius 2 is 1.88 bits per heavy atom. The first-order valence-corrected chi connectivity index (χ1v) is 6.78. The molecule has 0 fully saturated rings. The van der Waals surface area contributed by atoms with Crippen molar-refractivity contribution in [3.8, 4) is 0 Å². The maximum Gasteiger partial charge on any atom is 0.121 e. The molecule has 0 aliphatic rings. The van der Waals surface area contributed by atoms with Crippen LogP contribution in [0.15, 0.2) is 48.5 Å². The van der Waals surface area contributed by atoms with Crippen LogP contribution in [0.3, 0.4) is 0 Å². The first kappa shape index (κ1) is 11.4. The minimum atomic E-state index is 0.694. The van der Waals surface area contributed by atoms with Crippen molar-refractivity contribution in [2.45, 2.75) is 13.3 Å². The van der Waals surface area contributed by atoms with Crippen LogP contribution in [-0.2, 0) is 6.42 Å². The summed E-state index contributed by atoms with van der Waals surface area (Å²) in [5, 5.41) is 3.54. The van der Waals surface area contributed by atoms with Gasteiger partial charge in [0.25, 0.3) is 0 Å². The van der Waals surface area contributed by atoms with E-state index in [1.807, 2.05) is 18.2 Å². The molecule has 0 bridgehead atoms. The Hall–Kier alpha value is -1.05. The van der Waals surface area contributed by atoms with Crippen LogP contribution >= 0.6 is 11.6 Å². The van der Waals surface area contributed by atoms with E-state index >= 15 is 0 Å². The number of rotatable bonds is 3. The quantitative estimate of drug-likeness (QED) is 0.728. The van der Waals surface area contributed by atoms with Crippen molar-refractivity contribution in [2.24, 2.45) is 0 Å². The molecular formula is C14H13ClSi. The lowest BCUT2D eigenvalue weighted by Gasteiger charge is -2.06. The zero-order chi connectivity index (χ0) is 11.4. The van der Waals surface area contributed by atoms with Gasteiger partial charge in [0.1, 0.15) is 9.52 Å². The first-order valence-electron chi connectivity index (χ1n) is 5.40. The maximum atomic E-state index is 5.99. The molecule has 0 spiro atoms. The fourth-order valence-corrected chi connectivity index (χ4v) is 3.27. The van der Waals surface area contributed by atoms with E-state index in [0.29, 0.717) is 9.52 Å². The van der Waals surface area contributed by atoms with E-state index < -0.39 is 0 Å². The Bertz CT molecular complexity index is 480. The molecule has 16 heavy (non-hydrogen) atoms. The van der Waals surface area contributed by atoms with Gasteiger partial charge in [0.05, 0.1) is 0 Å². The van der Waals surface area contributed by atoms with Crippen molar-refractivity contribution in [1.29, 1.82) is 0 Å². The molecule has 0 unspecified atom stereocenters. The summed E-state index contributed by atoms with van der Waals surface area (Å²) in [6.07, 6.45) is 1.09. The standard InChI is InChI=1S/C14H13ClSi/c1-2-11-6-3-4-9-14(11)16-13-8-5-7-12(15)10-13/h3-10H,2H2,1H3. The topological polar surface area (TPSA) is 0 Å². The van der Waals surface area contributed by atoms with Gasteiger partial charge in [-0.05, 0) is 24.1 Å². The van der Waals surface area contributed by atoms with Crippen LogP contribution in [0.1, 0.15) is 12.5 Å². The smallest absolute Gasteiger partial charge is 0.0843 e. The normalized spacial score (nSPS) is 10.4. The van der Waals surface area contributed by atoms with Crippen LogP contribution in [0, 0.1) is 0 Å². The van der Waals surface area contributed by atoms with Crippen molar-refractivity contribution in [1.82, 2.24) is 0 Å². The molecule has 0 saturated carbocycles. The Labute approximate surface area is 104 Å². The van der Waals surface area contributed by atoms with Crippen molar-refractivity contribution in [2.75, 3.05) is 0 Å². The van der Waals surface area contributed by atoms with Crippen LogP contribution < -0.4 is 10.4 Å². The molecule has 2 radical (unpaired) electrons. The summed E-state index contributed by atoms with van der Waals surface area (Å²) < 4.78 is 0. The monoisotopic (exact) mass is 244 g/mol. The number of aryl methyl sites for hydroxylation is 1. The molecule has 2 aromatic rings. The summed E-state index contributed by atoms with van der Waals surface area (Å²) in [6.45, 7) is 2.20. The van der Waals surface area contributed by atoms with E-state index in [1.54, 1.807) is 0 Å². The summed E-state index contributed by atoms with van der Waals surface area (Å²) in [5.74, 6) is 0. The zero-order valence-corrected chi connectivity index (χ0v) is 11.0. The molecule has 0 atom stereocenters. The lowest BCUT2D eigenvalue weighted by atomic mass is 10.2. The Morgan fingerprint density at radius 3 is 2.62 bits per heavy atom. The van der Waals surface area contributed by atoms with Gasteiger partial charge in [-0.2, -0.15) is 0 Å². The molecule has 0 aliphatic carbocycles. The maximum absolute atomic E-state index is 5.99. The second-order valence-electron chi connectivity index (χ2n) is 3.65. The van der Waals surface area contributed by atoms with Gasteiger partial charge in [-0.25, -0.2) is 0 Å². The third-order valence-corrected chi connectivity index (χ3v) is 4.09. The van der Waals surface area contributed by atoms with Gasteiger partial charge < -0.3 is 0 Å². The highest BCUT2D eigenvalue weighted by molar-refractivity contribution is 6.68. The predicted octanol–water partition coefficient (Wildman–Crippen LogP) is 2.56. The molecule has 0 amide bonds. The average Bonchev–Trinajstić information content (AvgIpc) is 2.30. The van der Waals surface area contributed by atoms with Gasteiger partial charge >= 0.3 is 0 Å². The van der Waals surface area contributed by atoms with E-state index in [1.165, 1.54) is 15.9 Å². The van der Waals surface area contributed by atoms with Crippen LogP contribution in [-0.4, -0.2) is 9.52 Å². The molecular weight excluding hydrogens is 232 g/mol. The Kier molecular flexibility index (Phi) is 3.81. The summed E-state index contributed by atoms with van der Waals surface area (Å²) in [7, 11) is 0.694. The fourth-order valence-electron chi connectivity index (χ4n) is 1.67. The highest BCUT2D eigenvalue weighted by Gasteiger charge is 2.03. The lowest BCUT2D eigenvalue weighted by molar-refractivity contribution is 1.15. The number of hydrogen-bond donors (Lipinski definition) is 0. The lowest BCUT2D eigenvalue weighted by Crippen LogP contribution is -2.29.